The van der Waals surface area contributed by atoms with E-state index in [1.807, 2.05) is 6.92 Å². The largest absolute Gasteiger partial charge is 0.389 e. The summed E-state index contributed by atoms with van der Waals surface area (Å²) in [5.41, 5.74) is 0.0757. The standard InChI is InChI=1S/C12H17NO/c1-9-4-3-5-12(8-13)7-6-11(2,14)10(9)12/h10,14H,1,3-7H2,2H3/t10-,11-,12+/m1/s1. The number of fused-ring (bicyclic) bond motifs is 1. The second-order valence-corrected chi connectivity index (χ2v) is 5.07. The first-order chi connectivity index (χ1) is 6.52. The molecule has 1 N–H and O–H groups in total. The molecule has 0 aliphatic heterocycles. The molecule has 0 amide bonds. The molecule has 0 spiro atoms. The van der Waals surface area contributed by atoms with Crippen molar-refractivity contribution in [3.8, 4) is 6.07 Å². The Kier molecular flexibility index (Phi) is 1.97. The fourth-order valence-electron chi connectivity index (χ4n) is 3.41. The summed E-state index contributed by atoms with van der Waals surface area (Å²) in [6.07, 6.45) is 4.54. The Bertz CT molecular complexity index is 313. The summed E-state index contributed by atoms with van der Waals surface area (Å²) in [5.74, 6) is 0.00810. The van der Waals surface area contributed by atoms with E-state index in [9.17, 15) is 10.4 Å². The van der Waals surface area contributed by atoms with Crippen molar-refractivity contribution in [2.75, 3.05) is 0 Å². The van der Waals surface area contributed by atoms with E-state index in [-0.39, 0.29) is 11.3 Å². The highest BCUT2D eigenvalue weighted by Crippen LogP contribution is 2.57. The first-order valence-electron chi connectivity index (χ1n) is 5.33. The Morgan fingerprint density at radius 3 is 2.79 bits per heavy atom. The van der Waals surface area contributed by atoms with Gasteiger partial charge in [-0.1, -0.05) is 12.2 Å². The second kappa shape index (κ2) is 2.84. The number of hydrogen-bond donors (Lipinski definition) is 1. The van der Waals surface area contributed by atoms with Crippen molar-refractivity contribution in [3.05, 3.63) is 12.2 Å². The van der Waals surface area contributed by atoms with Crippen LogP contribution in [0.25, 0.3) is 0 Å². The molecule has 2 fully saturated rings. The van der Waals surface area contributed by atoms with Crippen LogP contribution in [-0.2, 0) is 0 Å². The maximum Gasteiger partial charge on any atom is 0.0700 e. The SMILES string of the molecule is C=C1CCC[C@@]2(C#N)CC[C@@](C)(O)[C@@H]12. The zero-order valence-electron chi connectivity index (χ0n) is 8.71. The van der Waals surface area contributed by atoms with Gasteiger partial charge >= 0.3 is 0 Å². The molecule has 0 bridgehead atoms. The minimum absolute atomic E-state index is 0.00810. The Balaban J connectivity index is 2.42. The van der Waals surface area contributed by atoms with Crippen LogP contribution < -0.4 is 0 Å². The third-order valence-corrected chi connectivity index (χ3v) is 4.00. The average molecular weight is 191 g/mol. The molecule has 3 atom stereocenters. The van der Waals surface area contributed by atoms with Gasteiger partial charge < -0.3 is 5.11 Å². The van der Waals surface area contributed by atoms with Gasteiger partial charge in [0.05, 0.1) is 17.1 Å². The topological polar surface area (TPSA) is 44.0 Å². The van der Waals surface area contributed by atoms with Crippen LogP contribution in [0.4, 0.5) is 0 Å². The number of nitriles is 1. The van der Waals surface area contributed by atoms with E-state index >= 15 is 0 Å². The Hall–Kier alpha value is -0.810. The fraction of sp³-hybridized carbons (Fsp3) is 0.750. The zero-order valence-corrected chi connectivity index (χ0v) is 8.71. The van der Waals surface area contributed by atoms with Crippen molar-refractivity contribution < 1.29 is 5.11 Å². The smallest absolute Gasteiger partial charge is 0.0700 e. The van der Waals surface area contributed by atoms with Crippen LogP contribution in [0.3, 0.4) is 0 Å². The van der Waals surface area contributed by atoms with Crippen molar-refractivity contribution in [2.45, 2.75) is 44.6 Å². The Morgan fingerprint density at radius 1 is 1.50 bits per heavy atom. The molecular weight excluding hydrogens is 174 g/mol. The van der Waals surface area contributed by atoms with Crippen LogP contribution >= 0.6 is 0 Å². The summed E-state index contributed by atoms with van der Waals surface area (Å²) in [7, 11) is 0. The van der Waals surface area contributed by atoms with Crippen molar-refractivity contribution in [2.24, 2.45) is 11.3 Å². The van der Waals surface area contributed by atoms with Gasteiger partial charge in [-0.15, -0.1) is 0 Å². The summed E-state index contributed by atoms with van der Waals surface area (Å²) >= 11 is 0. The molecule has 2 heteroatoms. The minimum atomic E-state index is -0.701. The lowest BCUT2D eigenvalue weighted by molar-refractivity contribution is 0.00834. The first kappa shape index (κ1) is 9.73. The molecular formula is C12H17NO. The maximum atomic E-state index is 10.2. The average Bonchev–Trinajstić information content (AvgIpc) is 2.41. The van der Waals surface area contributed by atoms with Gasteiger partial charge in [0, 0.05) is 5.92 Å². The van der Waals surface area contributed by atoms with Gasteiger partial charge in [0.1, 0.15) is 0 Å². The molecule has 0 aromatic heterocycles. The highest BCUT2D eigenvalue weighted by atomic mass is 16.3. The number of nitrogens with zero attached hydrogens (tertiary/aromatic N) is 1. The van der Waals surface area contributed by atoms with Crippen LogP contribution in [-0.4, -0.2) is 10.7 Å². The second-order valence-electron chi connectivity index (χ2n) is 5.07. The third kappa shape index (κ3) is 1.12. The molecule has 2 nitrogen and oxygen atoms in total. The van der Waals surface area contributed by atoms with Gasteiger partial charge in [-0.25, -0.2) is 0 Å². The molecule has 2 aliphatic carbocycles. The molecule has 2 rings (SSSR count). The molecule has 0 radical (unpaired) electrons. The van der Waals surface area contributed by atoms with Gasteiger partial charge in [-0.3, -0.25) is 0 Å². The van der Waals surface area contributed by atoms with Crippen LogP contribution in [0.15, 0.2) is 12.2 Å². The number of rotatable bonds is 0. The number of hydrogen-bond acceptors (Lipinski definition) is 2. The summed E-state index contributed by atoms with van der Waals surface area (Å²) in [6.45, 7) is 5.89. The van der Waals surface area contributed by atoms with Crippen molar-refractivity contribution in [3.63, 3.8) is 0 Å². The Labute approximate surface area is 85.2 Å². The van der Waals surface area contributed by atoms with E-state index in [1.165, 1.54) is 0 Å². The number of aliphatic hydroxyl groups is 1. The van der Waals surface area contributed by atoms with Gasteiger partial charge in [0.25, 0.3) is 0 Å². The molecule has 14 heavy (non-hydrogen) atoms. The lowest BCUT2D eigenvalue weighted by atomic mass is 9.64. The molecule has 0 aromatic carbocycles. The summed E-state index contributed by atoms with van der Waals surface area (Å²) in [5, 5.41) is 19.5. The van der Waals surface area contributed by atoms with E-state index in [4.69, 9.17) is 0 Å². The van der Waals surface area contributed by atoms with Crippen molar-refractivity contribution in [1.29, 1.82) is 5.26 Å². The molecule has 0 heterocycles. The van der Waals surface area contributed by atoms with Crippen LogP contribution in [0.2, 0.25) is 0 Å². The molecule has 76 valence electrons. The molecule has 0 aromatic rings. The van der Waals surface area contributed by atoms with E-state index in [1.54, 1.807) is 0 Å². The van der Waals surface area contributed by atoms with Gasteiger partial charge in [-0.05, 0) is 39.0 Å². The quantitative estimate of drug-likeness (QED) is 0.597. The summed E-state index contributed by atoms with van der Waals surface area (Å²) in [6, 6.07) is 2.44. The predicted molar refractivity (Wildman–Crippen MR) is 54.4 cm³/mol. The van der Waals surface area contributed by atoms with Gasteiger partial charge in [0.15, 0.2) is 0 Å². The van der Waals surface area contributed by atoms with Crippen molar-refractivity contribution in [1.82, 2.24) is 0 Å². The molecule has 2 aliphatic rings. The molecule has 0 unspecified atom stereocenters. The highest BCUT2D eigenvalue weighted by molar-refractivity contribution is 5.26. The first-order valence-corrected chi connectivity index (χ1v) is 5.33. The summed E-state index contributed by atoms with van der Waals surface area (Å²) in [4.78, 5) is 0. The van der Waals surface area contributed by atoms with Gasteiger partial charge in [0.2, 0.25) is 0 Å². The predicted octanol–water partition coefficient (Wildman–Crippen LogP) is 2.40. The van der Waals surface area contributed by atoms with Crippen LogP contribution in [0, 0.1) is 22.7 Å². The van der Waals surface area contributed by atoms with E-state index in [0.717, 1.165) is 37.7 Å². The summed E-state index contributed by atoms with van der Waals surface area (Å²) < 4.78 is 0. The van der Waals surface area contributed by atoms with Crippen molar-refractivity contribution >= 4 is 0 Å². The minimum Gasteiger partial charge on any atom is -0.389 e. The highest BCUT2D eigenvalue weighted by Gasteiger charge is 2.56. The lowest BCUT2D eigenvalue weighted by Crippen LogP contribution is -2.40. The zero-order chi connectivity index (χ0) is 10.4. The normalized spacial score (nSPS) is 47.2. The van der Waals surface area contributed by atoms with E-state index in [0.29, 0.717) is 0 Å². The lowest BCUT2D eigenvalue weighted by Gasteiger charge is -2.39. The maximum absolute atomic E-state index is 10.2. The Morgan fingerprint density at radius 2 is 2.21 bits per heavy atom. The van der Waals surface area contributed by atoms with Gasteiger partial charge in [-0.2, -0.15) is 5.26 Å². The van der Waals surface area contributed by atoms with Crippen LogP contribution in [0.5, 0.6) is 0 Å². The molecule has 2 saturated carbocycles. The van der Waals surface area contributed by atoms with Crippen LogP contribution in [0.1, 0.15) is 39.0 Å². The molecule has 0 saturated heterocycles. The third-order valence-electron chi connectivity index (χ3n) is 4.00. The van der Waals surface area contributed by atoms with E-state index < -0.39 is 5.60 Å². The monoisotopic (exact) mass is 191 g/mol. The fourth-order valence-corrected chi connectivity index (χ4v) is 3.41. The van der Waals surface area contributed by atoms with E-state index in [2.05, 4.69) is 12.6 Å².